The quantitative estimate of drug-likeness (QED) is 0.393. The van der Waals surface area contributed by atoms with Gasteiger partial charge >= 0.3 is 0 Å². The molecule has 1 aromatic rings. The predicted octanol–water partition coefficient (Wildman–Crippen LogP) is 7.20. The maximum absolute atomic E-state index is 14.3. The average Bonchev–Trinajstić information content (AvgIpc) is 2.99. The van der Waals surface area contributed by atoms with Crippen LogP contribution >= 0.6 is 0 Å². The lowest BCUT2D eigenvalue weighted by atomic mass is 9.55. The predicted molar refractivity (Wildman–Crippen MR) is 110 cm³/mol. The molecule has 2 fully saturated rings. The average molecular weight is 371 g/mol. The van der Waals surface area contributed by atoms with Gasteiger partial charge in [0.25, 0.3) is 0 Å². The molecule has 1 aromatic carbocycles. The lowest BCUT2D eigenvalue weighted by Crippen LogP contribution is -2.40. The second kappa shape index (κ2) is 7.60. The Labute approximate surface area is 164 Å². The summed E-state index contributed by atoms with van der Waals surface area (Å²) in [5.41, 5.74) is 4.79. The molecule has 3 aliphatic rings. The molecule has 2 heteroatoms. The first kappa shape index (κ1) is 19.0. The van der Waals surface area contributed by atoms with E-state index in [1.807, 2.05) is 13.0 Å². The smallest absolute Gasteiger partial charge is 0.165 e. The Bertz CT molecular complexity index is 721. The molecule has 0 radical (unpaired) electrons. The fraction of sp³-hybridized carbons (Fsp3) is 0.680. The number of ether oxygens (including phenoxy) is 1. The molecule has 27 heavy (non-hydrogen) atoms. The maximum atomic E-state index is 14.3. The number of rotatable bonds is 5. The van der Waals surface area contributed by atoms with Crippen LogP contribution in [0.15, 0.2) is 23.8 Å². The number of aryl methyl sites for hydroxylation is 1. The molecule has 1 nitrogen and oxygen atoms in total. The van der Waals surface area contributed by atoms with Crippen molar-refractivity contribution < 1.29 is 9.13 Å². The second-order valence-electron chi connectivity index (χ2n) is 9.20. The summed E-state index contributed by atoms with van der Waals surface area (Å²) in [5.74, 6) is 2.43. The number of halogens is 1. The third kappa shape index (κ3) is 3.23. The highest BCUT2D eigenvalue weighted by Crippen LogP contribution is 2.63. The Morgan fingerprint density at radius 2 is 2.04 bits per heavy atom. The van der Waals surface area contributed by atoms with E-state index in [0.717, 1.165) is 18.3 Å². The molecule has 4 rings (SSSR count). The first-order chi connectivity index (χ1) is 13.1. The summed E-state index contributed by atoms with van der Waals surface area (Å²) in [7, 11) is 0. The van der Waals surface area contributed by atoms with Gasteiger partial charge in [0, 0.05) is 0 Å². The van der Waals surface area contributed by atoms with Crippen LogP contribution < -0.4 is 4.74 Å². The van der Waals surface area contributed by atoms with Crippen molar-refractivity contribution in [3.05, 3.63) is 40.7 Å². The maximum Gasteiger partial charge on any atom is 0.165 e. The summed E-state index contributed by atoms with van der Waals surface area (Å²) in [4.78, 5) is 0. The minimum absolute atomic E-state index is 0.184. The van der Waals surface area contributed by atoms with Crippen molar-refractivity contribution in [3.8, 4) is 5.75 Å². The van der Waals surface area contributed by atoms with E-state index in [1.54, 1.807) is 11.6 Å². The van der Waals surface area contributed by atoms with E-state index in [4.69, 9.17) is 4.74 Å². The number of allylic oxidation sites excluding steroid dienone is 2. The summed E-state index contributed by atoms with van der Waals surface area (Å²) in [6, 6.07) is 3.80. The van der Waals surface area contributed by atoms with Crippen molar-refractivity contribution in [1.29, 1.82) is 0 Å². The minimum Gasteiger partial charge on any atom is -0.491 e. The molecule has 0 N–H and O–H groups in total. The highest BCUT2D eigenvalue weighted by Gasteiger charge is 2.52. The number of hydrogen-bond acceptors (Lipinski definition) is 1. The zero-order valence-electron chi connectivity index (χ0n) is 17.3. The topological polar surface area (TPSA) is 9.23 Å². The molecule has 3 aliphatic carbocycles. The first-order valence-corrected chi connectivity index (χ1v) is 11.2. The van der Waals surface area contributed by atoms with Crippen LogP contribution in [0.5, 0.6) is 5.75 Å². The van der Waals surface area contributed by atoms with Crippen LogP contribution in [0.3, 0.4) is 0 Å². The lowest BCUT2D eigenvalue weighted by Gasteiger charge is -2.49. The van der Waals surface area contributed by atoms with E-state index < -0.39 is 0 Å². The summed E-state index contributed by atoms with van der Waals surface area (Å²) < 4.78 is 19.9. The van der Waals surface area contributed by atoms with Gasteiger partial charge in [0.15, 0.2) is 11.6 Å². The molecule has 0 aliphatic heterocycles. The van der Waals surface area contributed by atoms with Crippen molar-refractivity contribution in [1.82, 2.24) is 0 Å². The molecule has 0 saturated heterocycles. The molecule has 0 amide bonds. The van der Waals surface area contributed by atoms with E-state index in [-0.39, 0.29) is 5.82 Å². The Kier molecular flexibility index (Phi) is 5.36. The van der Waals surface area contributed by atoms with Crippen molar-refractivity contribution in [2.75, 3.05) is 6.61 Å². The molecule has 0 aromatic heterocycles. The zero-order valence-corrected chi connectivity index (χ0v) is 17.3. The molecule has 4 atom stereocenters. The third-order valence-corrected chi connectivity index (χ3v) is 7.87. The van der Waals surface area contributed by atoms with E-state index in [0.29, 0.717) is 23.7 Å². The number of unbranched alkanes of at least 4 members (excludes halogenated alkanes) is 2. The molecule has 0 heterocycles. The van der Waals surface area contributed by atoms with Crippen molar-refractivity contribution in [2.24, 2.45) is 17.3 Å². The van der Waals surface area contributed by atoms with E-state index in [9.17, 15) is 4.39 Å². The van der Waals surface area contributed by atoms with E-state index in [1.165, 1.54) is 62.5 Å². The number of fused-ring (bicyclic) bond motifs is 5. The van der Waals surface area contributed by atoms with Gasteiger partial charge in [-0.05, 0) is 98.3 Å². The first-order valence-electron chi connectivity index (χ1n) is 11.2. The van der Waals surface area contributed by atoms with Gasteiger partial charge in [-0.2, -0.15) is 0 Å². The fourth-order valence-electron chi connectivity index (χ4n) is 6.50. The summed E-state index contributed by atoms with van der Waals surface area (Å²) >= 11 is 0. The van der Waals surface area contributed by atoms with Crippen molar-refractivity contribution >= 4 is 0 Å². The summed E-state index contributed by atoms with van der Waals surface area (Å²) in [6.45, 7) is 7.28. The highest BCUT2D eigenvalue weighted by molar-refractivity contribution is 5.42. The molecule has 0 spiro atoms. The molecule has 0 bridgehead atoms. The van der Waals surface area contributed by atoms with Gasteiger partial charge in [0.05, 0.1) is 6.61 Å². The van der Waals surface area contributed by atoms with Gasteiger partial charge in [-0.15, -0.1) is 0 Å². The molecular weight excluding hydrogens is 335 g/mol. The monoisotopic (exact) mass is 370 g/mol. The Morgan fingerprint density at radius 3 is 2.81 bits per heavy atom. The molecule has 148 valence electrons. The largest absolute Gasteiger partial charge is 0.491 e. The van der Waals surface area contributed by atoms with Crippen molar-refractivity contribution in [2.45, 2.75) is 84.5 Å². The third-order valence-electron chi connectivity index (χ3n) is 7.87. The van der Waals surface area contributed by atoms with Crippen LogP contribution in [0.4, 0.5) is 4.39 Å². The van der Waals surface area contributed by atoms with Gasteiger partial charge < -0.3 is 4.74 Å². The SMILES string of the molecule is CCCC/C=C1/CCC2C3CCc4cc(F)c(OCC)cc4C3CCC12C. The molecule has 4 unspecified atom stereocenters. The van der Waals surface area contributed by atoms with Crippen LogP contribution in [0.25, 0.3) is 0 Å². The van der Waals surface area contributed by atoms with Gasteiger partial charge in [-0.1, -0.05) is 38.3 Å². The van der Waals surface area contributed by atoms with Crippen LogP contribution in [-0.2, 0) is 6.42 Å². The number of hydrogen-bond donors (Lipinski definition) is 0. The Balaban J connectivity index is 1.61. The highest BCUT2D eigenvalue weighted by atomic mass is 19.1. The van der Waals surface area contributed by atoms with Gasteiger partial charge in [-0.3, -0.25) is 0 Å². The molecular formula is C25H35FO. The van der Waals surface area contributed by atoms with Gasteiger partial charge in [-0.25, -0.2) is 4.39 Å². The molecule has 2 saturated carbocycles. The van der Waals surface area contributed by atoms with E-state index >= 15 is 0 Å². The van der Waals surface area contributed by atoms with Crippen molar-refractivity contribution in [3.63, 3.8) is 0 Å². The number of benzene rings is 1. The Morgan fingerprint density at radius 1 is 1.19 bits per heavy atom. The fourth-order valence-corrected chi connectivity index (χ4v) is 6.50. The van der Waals surface area contributed by atoms with E-state index in [2.05, 4.69) is 19.9 Å². The lowest BCUT2D eigenvalue weighted by molar-refractivity contribution is 0.0810. The van der Waals surface area contributed by atoms with Crippen LogP contribution in [-0.4, -0.2) is 6.61 Å². The summed E-state index contributed by atoms with van der Waals surface area (Å²) in [5, 5.41) is 0. The standard InChI is InChI=1S/C25H35FO/c1-4-6-7-8-18-10-12-22-20-11-9-17-15-23(26)24(27-5-2)16-21(17)19(20)13-14-25(18,22)3/h8,15-16,19-20,22H,4-7,9-14H2,1-3H3/b18-8-. The Hall–Kier alpha value is -1.31. The zero-order chi connectivity index (χ0) is 19.0. The van der Waals surface area contributed by atoms with Crippen LogP contribution in [0, 0.1) is 23.1 Å². The van der Waals surface area contributed by atoms with Gasteiger partial charge in [0.2, 0.25) is 0 Å². The van der Waals surface area contributed by atoms with Crippen LogP contribution in [0.2, 0.25) is 0 Å². The van der Waals surface area contributed by atoms with Crippen LogP contribution in [0.1, 0.15) is 89.2 Å². The van der Waals surface area contributed by atoms with Gasteiger partial charge in [0.1, 0.15) is 0 Å². The second-order valence-corrected chi connectivity index (χ2v) is 9.20. The minimum atomic E-state index is -0.184. The normalized spacial score (nSPS) is 33.5. The summed E-state index contributed by atoms with van der Waals surface area (Å²) in [6.07, 6.45) is 13.9.